The van der Waals surface area contributed by atoms with Gasteiger partial charge >= 0.3 is 0 Å². The molecule has 5 rings (SSSR count). The predicted octanol–water partition coefficient (Wildman–Crippen LogP) is 6.79. The molecule has 0 bridgehead atoms. The molecule has 0 aliphatic carbocycles. The summed E-state index contributed by atoms with van der Waals surface area (Å²) in [4.78, 5) is 20.1. The molecule has 3 aromatic carbocycles. The Bertz CT molecular complexity index is 1260. The molecule has 4 nitrogen and oxygen atoms in total. The Hall–Kier alpha value is -3.21. The number of piperidine rings is 1. The molecule has 4 aromatic rings. The van der Waals surface area contributed by atoms with E-state index in [9.17, 15) is 4.79 Å². The number of halogens is 1. The Morgan fingerprint density at radius 1 is 0.848 bits per heavy atom. The largest absolute Gasteiger partial charge is 0.322 e. The average molecular weight is 456 g/mol. The van der Waals surface area contributed by atoms with Crippen LogP contribution in [0.25, 0.3) is 22.0 Å². The van der Waals surface area contributed by atoms with E-state index in [4.69, 9.17) is 16.6 Å². The van der Waals surface area contributed by atoms with E-state index in [1.807, 2.05) is 66.7 Å². The molecule has 5 heteroatoms. The summed E-state index contributed by atoms with van der Waals surface area (Å²) >= 11 is 5.97. The number of amides is 1. The third kappa shape index (κ3) is 5.24. The molecule has 0 unspecified atom stereocenters. The second-order valence-corrected chi connectivity index (χ2v) is 9.02. The van der Waals surface area contributed by atoms with Gasteiger partial charge in [-0.15, -0.1) is 0 Å². The molecule has 1 aromatic heterocycles. The fraction of sp³-hybridized carbons (Fsp3) is 0.214. The van der Waals surface area contributed by atoms with Crippen molar-refractivity contribution in [3.05, 3.63) is 95.1 Å². The smallest absolute Gasteiger partial charge is 0.255 e. The number of pyridine rings is 1. The highest BCUT2D eigenvalue weighted by atomic mass is 35.5. The van der Waals surface area contributed by atoms with Gasteiger partial charge in [-0.2, -0.15) is 0 Å². The molecular formula is C28H26ClN3O. The maximum absolute atomic E-state index is 12.8. The molecule has 0 saturated carbocycles. The van der Waals surface area contributed by atoms with Crippen molar-refractivity contribution < 1.29 is 4.79 Å². The first-order valence-corrected chi connectivity index (χ1v) is 11.8. The Kier molecular flexibility index (Phi) is 6.38. The summed E-state index contributed by atoms with van der Waals surface area (Å²) in [5, 5.41) is 4.73. The van der Waals surface area contributed by atoms with Crippen molar-refractivity contribution in [2.45, 2.75) is 25.8 Å². The lowest BCUT2D eigenvalue weighted by Gasteiger charge is -2.26. The van der Waals surface area contributed by atoms with Crippen molar-refractivity contribution in [2.75, 3.05) is 18.4 Å². The standard InChI is InChI=1S/C28H26ClN3O/c29-24-11-8-21(9-12-24)20-4-6-22(7-5-20)28(33)31-25-14-15-27-23(18-25)10-13-26(30-27)19-32-16-2-1-3-17-32/h4-15,18H,1-3,16-17,19H2,(H,31,33). The van der Waals surface area contributed by atoms with Gasteiger partial charge < -0.3 is 5.32 Å². The van der Waals surface area contributed by atoms with E-state index in [0.29, 0.717) is 10.6 Å². The molecule has 1 fully saturated rings. The second-order valence-electron chi connectivity index (χ2n) is 8.59. The highest BCUT2D eigenvalue weighted by Crippen LogP contribution is 2.23. The van der Waals surface area contributed by atoms with Gasteiger partial charge in [-0.1, -0.05) is 48.4 Å². The maximum atomic E-state index is 12.8. The van der Waals surface area contributed by atoms with Crippen LogP contribution in [0.4, 0.5) is 5.69 Å². The molecule has 1 amide bonds. The second kappa shape index (κ2) is 9.74. The minimum absolute atomic E-state index is 0.133. The summed E-state index contributed by atoms with van der Waals surface area (Å²) in [7, 11) is 0. The number of nitrogens with zero attached hydrogens (tertiary/aromatic N) is 2. The van der Waals surface area contributed by atoms with Gasteiger partial charge in [0.15, 0.2) is 0 Å². The van der Waals surface area contributed by atoms with Crippen molar-refractivity contribution in [3.8, 4) is 11.1 Å². The van der Waals surface area contributed by atoms with Crippen LogP contribution in [0.15, 0.2) is 78.9 Å². The van der Waals surface area contributed by atoms with E-state index in [1.165, 1.54) is 19.3 Å². The third-order valence-electron chi connectivity index (χ3n) is 6.16. The number of nitrogens with one attached hydrogen (secondary N) is 1. The predicted molar refractivity (Wildman–Crippen MR) is 136 cm³/mol. The SMILES string of the molecule is O=C(Nc1ccc2nc(CN3CCCCC3)ccc2c1)c1ccc(-c2ccc(Cl)cc2)cc1. The van der Waals surface area contributed by atoms with Crippen LogP contribution in [-0.2, 0) is 6.54 Å². The summed E-state index contributed by atoms with van der Waals surface area (Å²) in [5.41, 5.74) is 5.54. The van der Waals surface area contributed by atoms with Gasteiger partial charge in [0.2, 0.25) is 0 Å². The first-order valence-electron chi connectivity index (χ1n) is 11.4. The third-order valence-corrected chi connectivity index (χ3v) is 6.42. The van der Waals surface area contributed by atoms with Crippen LogP contribution < -0.4 is 5.32 Å². The number of benzene rings is 3. The summed E-state index contributed by atoms with van der Waals surface area (Å²) in [6.07, 6.45) is 3.89. The number of carbonyl (C=O) groups excluding carboxylic acids is 1. The molecule has 0 radical (unpaired) electrons. The normalized spacial score (nSPS) is 14.3. The molecule has 1 aliphatic rings. The van der Waals surface area contributed by atoms with E-state index in [0.717, 1.165) is 53.0 Å². The van der Waals surface area contributed by atoms with Crippen LogP contribution in [0.3, 0.4) is 0 Å². The van der Waals surface area contributed by atoms with Crippen LogP contribution in [0, 0.1) is 0 Å². The minimum atomic E-state index is -0.133. The van der Waals surface area contributed by atoms with E-state index in [-0.39, 0.29) is 5.91 Å². The lowest BCUT2D eigenvalue weighted by atomic mass is 10.0. The van der Waals surface area contributed by atoms with Crippen molar-refractivity contribution in [1.29, 1.82) is 0 Å². The fourth-order valence-corrected chi connectivity index (χ4v) is 4.47. The van der Waals surface area contributed by atoms with Gasteiger partial charge in [-0.3, -0.25) is 14.7 Å². The van der Waals surface area contributed by atoms with Gasteiger partial charge in [0.25, 0.3) is 5.91 Å². The molecule has 0 spiro atoms. The molecular weight excluding hydrogens is 430 g/mol. The summed E-state index contributed by atoms with van der Waals surface area (Å²) in [6, 6.07) is 25.3. The van der Waals surface area contributed by atoms with Crippen molar-refractivity contribution >= 4 is 34.1 Å². The zero-order valence-corrected chi connectivity index (χ0v) is 19.2. The maximum Gasteiger partial charge on any atom is 0.255 e. The molecule has 1 aliphatic heterocycles. The molecule has 2 heterocycles. The number of hydrogen-bond donors (Lipinski definition) is 1. The van der Waals surface area contributed by atoms with Gasteiger partial charge in [-0.05, 0) is 85.6 Å². The van der Waals surface area contributed by atoms with Crippen LogP contribution in [0.5, 0.6) is 0 Å². The number of anilines is 1. The monoisotopic (exact) mass is 455 g/mol. The van der Waals surface area contributed by atoms with E-state index < -0.39 is 0 Å². The Morgan fingerprint density at radius 2 is 1.55 bits per heavy atom. The Morgan fingerprint density at radius 3 is 2.27 bits per heavy atom. The highest BCUT2D eigenvalue weighted by Gasteiger charge is 2.12. The molecule has 1 saturated heterocycles. The van der Waals surface area contributed by atoms with E-state index >= 15 is 0 Å². The minimum Gasteiger partial charge on any atom is -0.322 e. The number of rotatable bonds is 5. The first-order chi connectivity index (χ1) is 16.1. The summed E-state index contributed by atoms with van der Waals surface area (Å²) in [5.74, 6) is -0.133. The number of hydrogen-bond acceptors (Lipinski definition) is 3. The van der Waals surface area contributed by atoms with Gasteiger partial charge in [-0.25, -0.2) is 0 Å². The zero-order valence-electron chi connectivity index (χ0n) is 18.4. The van der Waals surface area contributed by atoms with Gasteiger partial charge in [0, 0.05) is 28.2 Å². The van der Waals surface area contributed by atoms with Gasteiger partial charge in [0.05, 0.1) is 11.2 Å². The molecule has 166 valence electrons. The van der Waals surface area contributed by atoms with Crippen LogP contribution in [0.2, 0.25) is 5.02 Å². The fourth-order valence-electron chi connectivity index (χ4n) is 4.34. The Balaban J connectivity index is 1.26. The average Bonchev–Trinajstić information content (AvgIpc) is 2.85. The number of carbonyl (C=O) groups is 1. The van der Waals surface area contributed by atoms with Gasteiger partial charge in [0.1, 0.15) is 0 Å². The molecule has 1 N–H and O–H groups in total. The quantitative estimate of drug-likeness (QED) is 0.360. The molecule has 33 heavy (non-hydrogen) atoms. The zero-order chi connectivity index (χ0) is 22.6. The van der Waals surface area contributed by atoms with E-state index in [1.54, 1.807) is 0 Å². The Labute approximate surface area is 199 Å². The van der Waals surface area contributed by atoms with Crippen LogP contribution in [-0.4, -0.2) is 28.9 Å². The van der Waals surface area contributed by atoms with Crippen molar-refractivity contribution in [3.63, 3.8) is 0 Å². The number of likely N-dealkylation sites (tertiary alicyclic amines) is 1. The number of aromatic nitrogens is 1. The number of fused-ring (bicyclic) bond motifs is 1. The summed E-state index contributed by atoms with van der Waals surface area (Å²) < 4.78 is 0. The highest BCUT2D eigenvalue weighted by molar-refractivity contribution is 6.30. The van der Waals surface area contributed by atoms with Crippen LogP contribution in [0.1, 0.15) is 35.3 Å². The lowest BCUT2D eigenvalue weighted by Crippen LogP contribution is -2.29. The van der Waals surface area contributed by atoms with Crippen LogP contribution >= 0.6 is 11.6 Å². The van der Waals surface area contributed by atoms with E-state index in [2.05, 4.69) is 22.3 Å². The first kappa shape index (κ1) is 21.6. The van der Waals surface area contributed by atoms with Crippen molar-refractivity contribution in [2.24, 2.45) is 0 Å². The summed E-state index contributed by atoms with van der Waals surface area (Å²) in [6.45, 7) is 3.22. The van der Waals surface area contributed by atoms with Crippen molar-refractivity contribution in [1.82, 2.24) is 9.88 Å². The molecule has 0 atom stereocenters. The lowest BCUT2D eigenvalue weighted by molar-refractivity contribution is 0.102. The topological polar surface area (TPSA) is 45.2 Å².